The van der Waals surface area contributed by atoms with Crippen LogP contribution in [-0.4, -0.2) is 31.9 Å². The molecule has 5 rings (SSSR count). The minimum Gasteiger partial charge on any atom is -0.508 e. The highest BCUT2D eigenvalue weighted by Gasteiger charge is 2.35. The number of aryl methyl sites for hydroxylation is 1. The molecule has 0 radical (unpaired) electrons. The Morgan fingerprint density at radius 1 is 1.06 bits per heavy atom. The van der Waals surface area contributed by atoms with Crippen molar-refractivity contribution in [2.24, 2.45) is 5.73 Å². The molecule has 4 N–H and O–H groups in total. The Labute approximate surface area is 205 Å². The summed E-state index contributed by atoms with van der Waals surface area (Å²) in [6.45, 7) is 2.60. The fourth-order valence-corrected chi connectivity index (χ4v) is 4.86. The van der Waals surface area contributed by atoms with Gasteiger partial charge >= 0.3 is 0 Å². The maximum absolute atomic E-state index is 13.7. The molecule has 0 spiro atoms. The summed E-state index contributed by atoms with van der Waals surface area (Å²) < 4.78 is 0. The Bertz CT molecular complexity index is 1310. The molecule has 0 unspecified atom stereocenters. The van der Waals surface area contributed by atoms with E-state index in [0.29, 0.717) is 19.4 Å². The van der Waals surface area contributed by atoms with Gasteiger partial charge in [-0.05, 0) is 41.7 Å². The molecule has 1 amide bonds. The molecule has 0 aliphatic carbocycles. The normalized spacial score (nSPS) is 16.1. The molecule has 2 atom stereocenters. The molecule has 3 aromatic carbocycles. The number of imidazole rings is 1. The number of aromatic hydroxyl groups is 1. The number of aromatic amines is 1. The van der Waals surface area contributed by atoms with Gasteiger partial charge in [-0.2, -0.15) is 0 Å². The second kappa shape index (κ2) is 9.76. The summed E-state index contributed by atoms with van der Waals surface area (Å²) in [6.07, 6.45) is 1.89. The summed E-state index contributed by atoms with van der Waals surface area (Å²) in [4.78, 5) is 24.1. The van der Waals surface area contributed by atoms with Crippen LogP contribution in [-0.2, 0) is 30.6 Å². The molecule has 0 saturated carbocycles. The van der Waals surface area contributed by atoms with E-state index in [4.69, 9.17) is 10.7 Å². The molecule has 35 heavy (non-hydrogen) atoms. The van der Waals surface area contributed by atoms with Crippen LogP contribution in [0.2, 0.25) is 0 Å². The van der Waals surface area contributed by atoms with Gasteiger partial charge in [0.1, 0.15) is 11.6 Å². The smallest absolute Gasteiger partial charge is 0.240 e. The zero-order valence-electron chi connectivity index (χ0n) is 19.8. The second-order valence-electron chi connectivity index (χ2n) is 9.10. The van der Waals surface area contributed by atoms with Crippen molar-refractivity contribution in [3.8, 4) is 17.0 Å². The minimum absolute atomic E-state index is 0.103. The van der Waals surface area contributed by atoms with Crippen molar-refractivity contribution in [1.82, 2.24) is 14.9 Å². The number of nitrogens with two attached hydrogens (primary N) is 1. The van der Waals surface area contributed by atoms with Crippen LogP contribution in [0.25, 0.3) is 11.3 Å². The van der Waals surface area contributed by atoms with Crippen molar-refractivity contribution in [2.45, 2.75) is 44.8 Å². The Morgan fingerprint density at radius 3 is 2.46 bits per heavy atom. The fourth-order valence-electron chi connectivity index (χ4n) is 4.86. The van der Waals surface area contributed by atoms with E-state index in [1.54, 1.807) is 24.3 Å². The first-order valence-electron chi connectivity index (χ1n) is 12.1. The number of carbonyl (C=O) groups is 1. The van der Waals surface area contributed by atoms with E-state index in [0.717, 1.165) is 40.3 Å². The third-order valence-corrected chi connectivity index (χ3v) is 6.75. The van der Waals surface area contributed by atoms with E-state index < -0.39 is 6.04 Å². The number of carbonyl (C=O) groups excluding carboxylic acids is 1. The van der Waals surface area contributed by atoms with Crippen LogP contribution in [0, 0.1) is 0 Å². The molecular formula is C29H30N4O2. The van der Waals surface area contributed by atoms with Gasteiger partial charge in [0, 0.05) is 24.2 Å². The van der Waals surface area contributed by atoms with Crippen LogP contribution < -0.4 is 5.73 Å². The predicted octanol–water partition coefficient (Wildman–Crippen LogP) is 4.54. The number of hydrogen-bond donors (Lipinski definition) is 3. The first kappa shape index (κ1) is 22.9. The molecule has 4 aromatic rings. The van der Waals surface area contributed by atoms with Gasteiger partial charge in [-0.25, -0.2) is 4.98 Å². The number of phenolic OH excluding ortho intramolecular Hbond substituents is 1. The summed E-state index contributed by atoms with van der Waals surface area (Å²) in [5, 5.41) is 9.57. The van der Waals surface area contributed by atoms with Crippen molar-refractivity contribution in [3.05, 3.63) is 107 Å². The number of nitrogens with one attached hydrogen (secondary N) is 1. The topological polar surface area (TPSA) is 95.2 Å². The van der Waals surface area contributed by atoms with E-state index >= 15 is 0 Å². The number of amides is 1. The average molecular weight is 467 g/mol. The molecular weight excluding hydrogens is 436 g/mol. The quantitative estimate of drug-likeness (QED) is 0.389. The SMILES string of the molecule is CCc1[nH]c([C@@H]2Cc3ccccc3CN2C(=O)[C@@H](N)Cc2ccc(O)cc2)nc1-c1ccccc1. The highest BCUT2D eigenvalue weighted by atomic mass is 16.3. The Hall–Kier alpha value is -3.90. The first-order valence-corrected chi connectivity index (χ1v) is 12.1. The minimum atomic E-state index is -0.693. The monoisotopic (exact) mass is 466 g/mol. The molecule has 0 bridgehead atoms. The lowest BCUT2D eigenvalue weighted by molar-refractivity contribution is -0.136. The third kappa shape index (κ3) is 4.70. The Kier molecular flexibility index (Phi) is 6.38. The number of benzene rings is 3. The zero-order chi connectivity index (χ0) is 24.4. The van der Waals surface area contributed by atoms with Crippen molar-refractivity contribution in [1.29, 1.82) is 0 Å². The van der Waals surface area contributed by atoms with Crippen molar-refractivity contribution < 1.29 is 9.90 Å². The van der Waals surface area contributed by atoms with E-state index in [9.17, 15) is 9.90 Å². The molecule has 178 valence electrons. The van der Waals surface area contributed by atoms with E-state index in [-0.39, 0.29) is 17.7 Å². The van der Waals surface area contributed by atoms with Crippen molar-refractivity contribution in [2.75, 3.05) is 0 Å². The Morgan fingerprint density at radius 2 is 1.74 bits per heavy atom. The largest absolute Gasteiger partial charge is 0.508 e. The lowest BCUT2D eigenvalue weighted by Gasteiger charge is -2.37. The summed E-state index contributed by atoms with van der Waals surface area (Å²) in [6, 6.07) is 24.3. The van der Waals surface area contributed by atoms with Crippen LogP contribution in [0.15, 0.2) is 78.9 Å². The molecule has 0 saturated heterocycles. The van der Waals surface area contributed by atoms with Gasteiger partial charge in [0.15, 0.2) is 0 Å². The van der Waals surface area contributed by atoms with Crippen LogP contribution in [0.4, 0.5) is 0 Å². The molecule has 2 heterocycles. The summed E-state index contributed by atoms with van der Waals surface area (Å²) >= 11 is 0. The Balaban J connectivity index is 1.48. The molecule has 6 nitrogen and oxygen atoms in total. The number of aromatic nitrogens is 2. The van der Waals surface area contributed by atoms with Crippen molar-refractivity contribution >= 4 is 5.91 Å². The van der Waals surface area contributed by atoms with Crippen molar-refractivity contribution in [3.63, 3.8) is 0 Å². The molecule has 1 aliphatic rings. The first-order chi connectivity index (χ1) is 17.0. The number of H-pyrrole nitrogens is 1. The summed E-state index contributed by atoms with van der Waals surface area (Å²) in [5.41, 5.74) is 12.8. The van der Waals surface area contributed by atoms with Gasteiger partial charge in [-0.15, -0.1) is 0 Å². The van der Waals surface area contributed by atoms with Crippen LogP contribution in [0.5, 0.6) is 5.75 Å². The van der Waals surface area contributed by atoms with E-state index in [2.05, 4.69) is 36.2 Å². The highest BCUT2D eigenvalue weighted by molar-refractivity contribution is 5.82. The fraction of sp³-hybridized carbons (Fsp3) is 0.241. The lowest BCUT2D eigenvalue weighted by atomic mass is 9.92. The lowest BCUT2D eigenvalue weighted by Crippen LogP contribution is -2.48. The number of rotatable bonds is 6. The van der Waals surface area contributed by atoms with Gasteiger partial charge in [0.2, 0.25) is 5.91 Å². The van der Waals surface area contributed by atoms with Gasteiger partial charge in [0.05, 0.1) is 17.8 Å². The highest BCUT2D eigenvalue weighted by Crippen LogP contribution is 2.34. The van der Waals surface area contributed by atoms with Crippen LogP contribution >= 0.6 is 0 Å². The maximum atomic E-state index is 13.7. The average Bonchev–Trinajstić information content (AvgIpc) is 3.34. The van der Waals surface area contributed by atoms with Gasteiger partial charge < -0.3 is 20.7 Å². The van der Waals surface area contributed by atoms with E-state index in [1.165, 1.54) is 5.56 Å². The molecule has 1 aliphatic heterocycles. The van der Waals surface area contributed by atoms with Crippen LogP contribution in [0.3, 0.4) is 0 Å². The number of nitrogens with zero attached hydrogens (tertiary/aromatic N) is 2. The number of hydrogen-bond acceptors (Lipinski definition) is 4. The predicted molar refractivity (Wildman–Crippen MR) is 137 cm³/mol. The third-order valence-electron chi connectivity index (χ3n) is 6.75. The van der Waals surface area contributed by atoms with E-state index in [1.807, 2.05) is 35.2 Å². The van der Waals surface area contributed by atoms with Gasteiger partial charge in [-0.1, -0.05) is 73.7 Å². The summed E-state index contributed by atoms with van der Waals surface area (Å²) in [5.74, 6) is 0.883. The standard InChI is InChI=1S/C29H30N4O2/c1-2-25-27(20-8-4-3-5-9-20)32-28(31-25)26-17-21-10-6-7-11-22(21)18-33(26)29(35)24(30)16-19-12-14-23(34)15-13-19/h3-15,24,26,34H,2,16-18,30H2,1H3,(H,31,32)/t24-,26-/m0/s1. The second-order valence-corrected chi connectivity index (χ2v) is 9.10. The maximum Gasteiger partial charge on any atom is 0.240 e. The van der Waals surface area contributed by atoms with Gasteiger partial charge in [-0.3, -0.25) is 4.79 Å². The van der Waals surface area contributed by atoms with Gasteiger partial charge in [0.25, 0.3) is 0 Å². The molecule has 0 fully saturated rings. The molecule has 6 heteroatoms. The molecule has 1 aromatic heterocycles. The number of fused-ring (bicyclic) bond motifs is 1. The summed E-state index contributed by atoms with van der Waals surface area (Å²) in [7, 11) is 0. The zero-order valence-corrected chi connectivity index (χ0v) is 19.8. The van der Waals surface area contributed by atoms with Crippen LogP contribution in [0.1, 0.15) is 41.2 Å². The number of phenols is 1.